The predicted molar refractivity (Wildman–Crippen MR) is 191 cm³/mol. The maximum atomic E-state index is 9.28. The Labute approximate surface area is 269 Å². The van der Waals surface area contributed by atoms with Gasteiger partial charge in [-0.1, -0.05) is 109 Å². The van der Waals surface area contributed by atoms with Gasteiger partial charge in [0.1, 0.15) is 12.0 Å². The fourth-order valence-electron chi connectivity index (χ4n) is 6.51. The van der Waals surface area contributed by atoms with Gasteiger partial charge in [0.25, 0.3) is 0 Å². The van der Waals surface area contributed by atoms with E-state index >= 15 is 0 Å². The molecule has 5 nitrogen and oxygen atoms in total. The summed E-state index contributed by atoms with van der Waals surface area (Å²) in [7, 11) is 0. The molecule has 0 saturated carbocycles. The first-order valence-electron chi connectivity index (χ1n) is 15.2. The number of nitrogens with zero attached hydrogens (tertiary/aromatic N) is 4. The van der Waals surface area contributed by atoms with Crippen LogP contribution < -0.4 is 5.32 Å². The topological polar surface area (TPSA) is 65.5 Å². The number of aromatic nitrogens is 1. The first-order chi connectivity index (χ1) is 22.7. The minimum atomic E-state index is -0.376. The zero-order valence-electron chi connectivity index (χ0n) is 24.6. The van der Waals surface area contributed by atoms with Crippen molar-refractivity contribution in [3.05, 3.63) is 156 Å². The van der Waals surface area contributed by atoms with E-state index in [2.05, 4.69) is 113 Å². The van der Waals surface area contributed by atoms with E-state index in [4.69, 9.17) is 9.98 Å². The molecule has 0 saturated heterocycles. The summed E-state index contributed by atoms with van der Waals surface area (Å²) in [6, 6.07) is 50.2. The summed E-state index contributed by atoms with van der Waals surface area (Å²) < 4.78 is 4.75. The SMILES string of the molecule is N#Cc1ccc(-c2cccc(C3N=C(n4c5ccccc5c5ccc6c7ccccc7sc6c54)N=C(c4ccccc4)N3)c2)cc1. The van der Waals surface area contributed by atoms with Crippen LogP contribution in [0.3, 0.4) is 0 Å². The van der Waals surface area contributed by atoms with Crippen molar-refractivity contribution < 1.29 is 0 Å². The highest BCUT2D eigenvalue weighted by atomic mass is 32.1. The Morgan fingerprint density at radius 1 is 0.652 bits per heavy atom. The van der Waals surface area contributed by atoms with Crippen LogP contribution in [-0.4, -0.2) is 16.4 Å². The van der Waals surface area contributed by atoms with Gasteiger partial charge in [-0.05, 0) is 47.0 Å². The molecule has 3 heterocycles. The van der Waals surface area contributed by atoms with Crippen molar-refractivity contribution in [1.29, 1.82) is 5.26 Å². The molecule has 1 aliphatic rings. The Morgan fingerprint density at radius 2 is 1.39 bits per heavy atom. The number of hydrogen-bond acceptors (Lipinski definition) is 5. The summed E-state index contributed by atoms with van der Waals surface area (Å²) >= 11 is 1.82. The molecular formula is C40H25N5S. The van der Waals surface area contributed by atoms with Gasteiger partial charge in [-0.25, -0.2) is 4.99 Å². The minimum absolute atomic E-state index is 0.376. The first kappa shape index (κ1) is 26.4. The van der Waals surface area contributed by atoms with Gasteiger partial charge in [0.05, 0.1) is 27.4 Å². The lowest BCUT2D eigenvalue weighted by Gasteiger charge is -2.24. The number of hydrogen-bond donors (Lipinski definition) is 1. The van der Waals surface area contributed by atoms with E-state index < -0.39 is 0 Å². The molecule has 6 heteroatoms. The molecule has 0 fully saturated rings. The van der Waals surface area contributed by atoms with Gasteiger partial charge >= 0.3 is 0 Å². The van der Waals surface area contributed by atoms with Gasteiger partial charge in [-0.2, -0.15) is 10.3 Å². The molecule has 0 bridgehead atoms. The van der Waals surface area contributed by atoms with E-state index in [9.17, 15) is 5.26 Å². The third kappa shape index (κ3) is 4.21. The number of fused-ring (bicyclic) bond motifs is 7. The standard InChI is InChI=1S/C40H25N5S/c41-24-25-17-19-26(20-18-25)28-11-8-12-29(23-28)39-42-38(27-9-2-1-3-10-27)43-40(44-39)45-34-15-6-4-13-30(34)32-21-22-33-31-14-5-7-16-35(31)46-37(33)36(32)45/h1-23,39H,(H,42,43,44). The number of aliphatic imine (C=N–C) groups is 2. The fraction of sp³-hybridized carbons (Fsp3) is 0.0250. The van der Waals surface area contributed by atoms with Crippen LogP contribution in [0.15, 0.2) is 150 Å². The molecule has 0 amide bonds. The monoisotopic (exact) mass is 607 g/mol. The molecule has 1 atom stereocenters. The van der Waals surface area contributed by atoms with Crippen molar-refractivity contribution in [2.75, 3.05) is 0 Å². The lowest BCUT2D eigenvalue weighted by molar-refractivity contribution is 0.669. The molecule has 8 aromatic rings. The van der Waals surface area contributed by atoms with Gasteiger partial charge in [0, 0.05) is 31.8 Å². The highest BCUT2D eigenvalue weighted by Crippen LogP contribution is 2.42. The van der Waals surface area contributed by atoms with Gasteiger partial charge in [0.2, 0.25) is 5.96 Å². The minimum Gasteiger partial charge on any atom is -0.344 e. The zero-order valence-corrected chi connectivity index (χ0v) is 25.4. The van der Waals surface area contributed by atoms with Crippen molar-refractivity contribution >= 4 is 65.1 Å². The lowest BCUT2D eigenvalue weighted by Crippen LogP contribution is -2.35. The normalized spacial score (nSPS) is 14.7. The van der Waals surface area contributed by atoms with E-state index in [0.29, 0.717) is 11.5 Å². The van der Waals surface area contributed by atoms with Crippen molar-refractivity contribution in [3.63, 3.8) is 0 Å². The molecule has 1 unspecified atom stereocenters. The second-order valence-electron chi connectivity index (χ2n) is 11.4. The van der Waals surface area contributed by atoms with Crippen molar-refractivity contribution in [1.82, 2.24) is 9.88 Å². The molecule has 0 spiro atoms. The third-order valence-electron chi connectivity index (χ3n) is 8.71. The van der Waals surface area contributed by atoms with Crippen LogP contribution in [0.5, 0.6) is 0 Å². The number of benzene rings is 6. The Kier molecular flexibility index (Phi) is 6.05. The van der Waals surface area contributed by atoms with Gasteiger partial charge in [-0.3, -0.25) is 4.57 Å². The summed E-state index contributed by atoms with van der Waals surface area (Å²) in [6.07, 6.45) is -0.376. The lowest BCUT2D eigenvalue weighted by atomic mass is 10.0. The first-order valence-corrected chi connectivity index (χ1v) is 16.0. The summed E-state index contributed by atoms with van der Waals surface area (Å²) in [5, 5.41) is 17.8. The zero-order chi connectivity index (χ0) is 30.6. The smallest absolute Gasteiger partial charge is 0.234 e. The fourth-order valence-corrected chi connectivity index (χ4v) is 7.75. The summed E-state index contributed by atoms with van der Waals surface area (Å²) in [5.74, 6) is 1.41. The number of nitrogens with one attached hydrogen (secondary N) is 1. The molecule has 1 N–H and O–H groups in total. The average molecular weight is 608 g/mol. The van der Waals surface area contributed by atoms with Gasteiger partial charge in [-0.15, -0.1) is 11.3 Å². The molecular weight excluding hydrogens is 583 g/mol. The molecule has 46 heavy (non-hydrogen) atoms. The molecule has 216 valence electrons. The summed E-state index contributed by atoms with van der Waals surface area (Å²) in [6.45, 7) is 0. The van der Waals surface area contributed by atoms with Crippen LogP contribution in [0.1, 0.15) is 22.9 Å². The van der Waals surface area contributed by atoms with E-state index in [1.807, 2.05) is 53.8 Å². The maximum absolute atomic E-state index is 9.28. The maximum Gasteiger partial charge on any atom is 0.234 e. The second-order valence-corrected chi connectivity index (χ2v) is 12.5. The van der Waals surface area contributed by atoms with Crippen molar-refractivity contribution in [2.24, 2.45) is 9.98 Å². The molecule has 6 aromatic carbocycles. The third-order valence-corrected chi connectivity index (χ3v) is 9.90. The Balaban J connectivity index is 1.29. The van der Waals surface area contributed by atoms with E-state index in [1.54, 1.807) is 0 Å². The Bertz CT molecular complexity index is 2570. The molecule has 9 rings (SSSR count). The molecule has 0 radical (unpaired) electrons. The van der Waals surface area contributed by atoms with Crippen LogP contribution in [0, 0.1) is 11.3 Å². The van der Waals surface area contributed by atoms with Crippen molar-refractivity contribution in [3.8, 4) is 17.2 Å². The van der Waals surface area contributed by atoms with E-state index in [-0.39, 0.29) is 6.17 Å². The Morgan fingerprint density at radius 3 is 2.24 bits per heavy atom. The average Bonchev–Trinajstić information content (AvgIpc) is 3.68. The number of rotatable bonds is 3. The van der Waals surface area contributed by atoms with E-state index in [0.717, 1.165) is 39.1 Å². The summed E-state index contributed by atoms with van der Waals surface area (Å²) in [5.41, 5.74) is 6.98. The summed E-state index contributed by atoms with van der Waals surface area (Å²) in [4.78, 5) is 10.6. The van der Waals surface area contributed by atoms with Crippen LogP contribution in [-0.2, 0) is 0 Å². The second kappa shape index (κ2) is 10.6. The highest BCUT2D eigenvalue weighted by Gasteiger charge is 2.25. The van der Waals surface area contributed by atoms with Crippen LogP contribution >= 0.6 is 11.3 Å². The van der Waals surface area contributed by atoms with Gasteiger partial charge < -0.3 is 5.32 Å². The van der Waals surface area contributed by atoms with Crippen LogP contribution in [0.25, 0.3) is 53.1 Å². The van der Waals surface area contributed by atoms with Crippen molar-refractivity contribution in [2.45, 2.75) is 6.17 Å². The number of thiophene rings is 1. The predicted octanol–water partition coefficient (Wildman–Crippen LogP) is 9.65. The van der Waals surface area contributed by atoms with Crippen LogP contribution in [0.4, 0.5) is 0 Å². The number of nitriles is 1. The van der Waals surface area contributed by atoms with E-state index in [1.165, 1.54) is 30.9 Å². The van der Waals surface area contributed by atoms with Crippen LogP contribution in [0.2, 0.25) is 0 Å². The molecule has 2 aromatic heterocycles. The number of para-hydroxylation sites is 1. The largest absolute Gasteiger partial charge is 0.344 e. The van der Waals surface area contributed by atoms with Gasteiger partial charge in [0.15, 0.2) is 0 Å². The molecule has 0 aliphatic carbocycles. The quantitative estimate of drug-likeness (QED) is 0.217. The Hall–Kier alpha value is -6.03. The highest BCUT2D eigenvalue weighted by molar-refractivity contribution is 7.26. The molecule has 1 aliphatic heterocycles. The number of amidine groups is 1.